The van der Waals surface area contributed by atoms with E-state index in [4.69, 9.17) is 4.74 Å². The van der Waals surface area contributed by atoms with E-state index in [0.29, 0.717) is 45.3 Å². The van der Waals surface area contributed by atoms with Crippen molar-refractivity contribution in [3.63, 3.8) is 0 Å². The number of nitrogens with zero attached hydrogens (tertiary/aromatic N) is 2. The van der Waals surface area contributed by atoms with Gasteiger partial charge in [0.2, 0.25) is 5.91 Å². The van der Waals surface area contributed by atoms with Gasteiger partial charge in [-0.15, -0.1) is 0 Å². The molecule has 0 unspecified atom stereocenters. The second-order valence-corrected chi connectivity index (χ2v) is 14.4. The SMILES string of the molecule is CC(C)(C)NC(=O)O[C@H]1CCCCCC=C[C@@H]2C[C@@]2(C(=O)NS(=O)(=O)N2CCCCC2)NC(=O)[C@@H]2CCCN2C1=O. The van der Waals surface area contributed by atoms with Crippen LogP contribution in [0.25, 0.3) is 0 Å². The highest BCUT2D eigenvalue weighted by atomic mass is 32.2. The van der Waals surface area contributed by atoms with E-state index in [9.17, 15) is 27.6 Å². The van der Waals surface area contributed by atoms with Crippen molar-refractivity contribution >= 4 is 34.0 Å². The van der Waals surface area contributed by atoms with Gasteiger partial charge in [0.1, 0.15) is 11.6 Å². The van der Waals surface area contributed by atoms with Crippen molar-refractivity contribution in [1.82, 2.24) is 24.6 Å². The van der Waals surface area contributed by atoms with Crippen molar-refractivity contribution in [3.8, 4) is 0 Å². The average Bonchev–Trinajstić information content (AvgIpc) is 3.36. The first-order chi connectivity index (χ1) is 19.3. The van der Waals surface area contributed by atoms with E-state index in [1.807, 2.05) is 32.9 Å². The highest BCUT2D eigenvalue weighted by molar-refractivity contribution is 7.87. The maximum absolute atomic E-state index is 13.6. The summed E-state index contributed by atoms with van der Waals surface area (Å²) in [4.78, 5) is 54.8. The van der Waals surface area contributed by atoms with Crippen molar-refractivity contribution in [3.05, 3.63) is 12.2 Å². The molecule has 0 aromatic heterocycles. The number of fused-ring (bicyclic) bond motifs is 2. The number of piperidine rings is 1. The van der Waals surface area contributed by atoms with Crippen LogP contribution in [-0.4, -0.2) is 84.3 Å². The molecule has 4 atom stereocenters. The number of amides is 4. The topological polar surface area (TPSA) is 154 Å². The van der Waals surface area contributed by atoms with Gasteiger partial charge in [0, 0.05) is 31.1 Å². The molecule has 3 heterocycles. The van der Waals surface area contributed by atoms with Crippen molar-refractivity contribution in [2.24, 2.45) is 5.92 Å². The summed E-state index contributed by atoms with van der Waals surface area (Å²) in [5.41, 5.74) is -1.95. The monoisotopic (exact) mass is 595 g/mol. The van der Waals surface area contributed by atoms with Gasteiger partial charge in [0.25, 0.3) is 11.8 Å². The van der Waals surface area contributed by atoms with Crippen LogP contribution in [0.2, 0.25) is 0 Å². The minimum Gasteiger partial charge on any atom is -0.436 e. The van der Waals surface area contributed by atoms with E-state index in [-0.39, 0.29) is 12.3 Å². The molecule has 1 aliphatic carbocycles. The molecule has 13 heteroatoms. The number of ether oxygens (including phenoxy) is 1. The highest BCUT2D eigenvalue weighted by Gasteiger charge is 2.61. The lowest BCUT2D eigenvalue weighted by atomic mass is 10.1. The molecule has 1 saturated carbocycles. The molecule has 0 radical (unpaired) electrons. The fraction of sp³-hybridized carbons (Fsp3) is 0.786. The van der Waals surface area contributed by atoms with Crippen molar-refractivity contribution in [2.75, 3.05) is 19.6 Å². The summed E-state index contributed by atoms with van der Waals surface area (Å²) in [7, 11) is -4.05. The fourth-order valence-corrected chi connectivity index (χ4v) is 7.16. The molecule has 0 spiro atoms. The van der Waals surface area contributed by atoms with E-state index >= 15 is 0 Å². The zero-order valence-electron chi connectivity index (χ0n) is 24.4. The molecule has 4 amide bonds. The Labute approximate surface area is 243 Å². The smallest absolute Gasteiger partial charge is 0.408 e. The highest BCUT2D eigenvalue weighted by Crippen LogP contribution is 2.45. The van der Waals surface area contributed by atoms with Gasteiger partial charge in [-0.1, -0.05) is 25.0 Å². The molecule has 3 aliphatic heterocycles. The molecule has 3 N–H and O–H groups in total. The van der Waals surface area contributed by atoms with Crippen LogP contribution >= 0.6 is 0 Å². The van der Waals surface area contributed by atoms with Gasteiger partial charge in [-0.25, -0.2) is 9.52 Å². The van der Waals surface area contributed by atoms with E-state index in [1.54, 1.807) is 0 Å². The molecule has 3 fully saturated rings. The minimum absolute atomic E-state index is 0.274. The number of allylic oxidation sites excluding steroid dienone is 1. The Morgan fingerprint density at radius 1 is 1.00 bits per heavy atom. The molecule has 0 aromatic carbocycles. The average molecular weight is 596 g/mol. The third-order valence-electron chi connectivity index (χ3n) is 8.19. The lowest BCUT2D eigenvalue weighted by Crippen LogP contribution is -2.58. The zero-order chi connectivity index (χ0) is 29.8. The molecule has 2 saturated heterocycles. The van der Waals surface area contributed by atoms with Gasteiger partial charge in [0.15, 0.2) is 6.10 Å². The zero-order valence-corrected chi connectivity index (χ0v) is 25.3. The molecule has 4 rings (SSSR count). The Morgan fingerprint density at radius 2 is 1.71 bits per heavy atom. The van der Waals surface area contributed by atoms with Gasteiger partial charge < -0.3 is 20.3 Å². The summed E-state index contributed by atoms with van der Waals surface area (Å²) in [6.45, 7) is 6.47. The van der Waals surface area contributed by atoms with Gasteiger partial charge in [-0.2, -0.15) is 12.7 Å². The third kappa shape index (κ3) is 7.79. The Bertz CT molecular complexity index is 1140. The van der Waals surface area contributed by atoms with Crippen molar-refractivity contribution in [2.45, 2.75) is 115 Å². The largest absolute Gasteiger partial charge is 0.436 e. The number of hydrogen-bond donors (Lipinski definition) is 3. The quantitative estimate of drug-likeness (QED) is 0.421. The lowest BCUT2D eigenvalue weighted by molar-refractivity contribution is -0.146. The number of carbonyl (C=O) groups excluding carboxylic acids is 4. The molecule has 4 aliphatic rings. The Balaban J connectivity index is 1.53. The second-order valence-electron chi connectivity index (χ2n) is 12.7. The Hall–Kier alpha value is -2.67. The van der Waals surface area contributed by atoms with Gasteiger partial charge in [-0.05, 0) is 78.6 Å². The van der Waals surface area contributed by atoms with Crippen LogP contribution in [-0.2, 0) is 29.3 Å². The van der Waals surface area contributed by atoms with E-state index in [1.165, 1.54) is 9.21 Å². The molecular formula is C28H45N5O7S. The maximum Gasteiger partial charge on any atom is 0.408 e. The number of alkyl carbamates (subject to hydrolysis) is 1. The molecule has 0 bridgehead atoms. The minimum atomic E-state index is -4.05. The summed E-state index contributed by atoms with van der Waals surface area (Å²) in [6.07, 6.45) is 9.15. The molecule has 12 nitrogen and oxygen atoms in total. The normalized spacial score (nSPS) is 30.2. The number of carbonyl (C=O) groups is 4. The number of hydrogen-bond acceptors (Lipinski definition) is 7. The van der Waals surface area contributed by atoms with E-state index < -0.39 is 57.2 Å². The Morgan fingerprint density at radius 3 is 2.41 bits per heavy atom. The summed E-state index contributed by atoms with van der Waals surface area (Å²) < 4.78 is 35.0. The van der Waals surface area contributed by atoms with Gasteiger partial charge in [-0.3, -0.25) is 14.4 Å². The van der Waals surface area contributed by atoms with Crippen molar-refractivity contribution in [1.29, 1.82) is 0 Å². The van der Waals surface area contributed by atoms with E-state index in [0.717, 1.165) is 38.5 Å². The molecular weight excluding hydrogens is 550 g/mol. The summed E-state index contributed by atoms with van der Waals surface area (Å²) in [5, 5.41) is 5.56. The fourth-order valence-electron chi connectivity index (χ4n) is 5.88. The summed E-state index contributed by atoms with van der Waals surface area (Å²) in [6, 6.07) is -0.849. The van der Waals surface area contributed by atoms with Gasteiger partial charge >= 0.3 is 16.3 Å². The first kappa shape index (κ1) is 31.3. The number of nitrogens with one attached hydrogen (secondary N) is 3. The second kappa shape index (κ2) is 12.7. The van der Waals surface area contributed by atoms with Crippen molar-refractivity contribution < 1.29 is 32.3 Å². The predicted octanol–water partition coefficient (Wildman–Crippen LogP) is 2.11. The van der Waals surface area contributed by atoms with Gasteiger partial charge in [0.05, 0.1) is 0 Å². The summed E-state index contributed by atoms with van der Waals surface area (Å²) in [5.74, 6) is -2.05. The van der Waals surface area contributed by atoms with Crippen LogP contribution in [0.3, 0.4) is 0 Å². The summed E-state index contributed by atoms with van der Waals surface area (Å²) >= 11 is 0. The molecule has 41 heavy (non-hydrogen) atoms. The van der Waals surface area contributed by atoms with Crippen LogP contribution in [0.1, 0.15) is 91.4 Å². The van der Waals surface area contributed by atoms with Crippen LogP contribution in [0.4, 0.5) is 4.79 Å². The van der Waals surface area contributed by atoms with Crippen LogP contribution in [0, 0.1) is 5.92 Å². The Kier molecular flexibility index (Phi) is 9.67. The molecule has 0 aromatic rings. The first-order valence-corrected chi connectivity index (χ1v) is 16.4. The van der Waals surface area contributed by atoms with Crippen LogP contribution in [0.15, 0.2) is 12.2 Å². The predicted molar refractivity (Wildman–Crippen MR) is 152 cm³/mol. The maximum atomic E-state index is 13.6. The van der Waals surface area contributed by atoms with E-state index in [2.05, 4.69) is 15.4 Å². The molecule has 230 valence electrons. The standard InChI is InChI=1S/C28H45N5O7S/c1-27(2,3)30-26(37)40-22-15-9-6-4-5-8-13-20-19-28(20,29-23(34)21-14-12-18-33(21)24(22)35)25(36)31-41(38,39)32-16-10-7-11-17-32/h8,13,20-22H,4-7,9-12,14-19H2,1-3H3,(H,29,34)(H,30,37)(H,31,36)/t20-,21+,22+,28-/m1/s1. The lowest BCUT2D eigenvalue weighted by Gasteiger charge is -2.30. The first-order valence-electron chi connectivity index (χ1n) is 14.9. The third-order valence-corrected chi connectivity index (χ3v) is 9.68. The number of rotatable bonds is 4. The van der Waals surface area contributed by atoms with Crippen LogP contribution < -0.4 is 15.4 Å². The van der Waals surface area contributed by atoms with Crippen LogP contribution in [0.5, 0.6) is 0 Å².